The molecule has 1 aromatic carbocycles. The van der Waals surface area contributed by atoms with Crippen LogP contribution in [0.5, 0.6) is 5.75 Å². The summed E-state index contributed by atoms with van der Waals surface area (Å²) in [5, 5.41) is 3.34. The first-order chi connectivity index (χ1) is 9.54. The molecule has 2 rings (SSSR count). The molecule has 104 valence electrons. The normalized spacial score (nSPS) is 10.2. The number of hydrogen-bond donors (Lipinski definition) is 1. The van der Waals surface area contributed by atoms with Gasteiger partial charge in [0.05, 0.1) is 11.9 Å². The molecule has 20 heavy (non-hydrogen) atoms. The maximum absolute atomic E-state index is 11.7. The molecule has 2 aromatic rings. The maximum Gasteiger partial charge on any atom is 0.262 e. The summed E-state index contributed by atoms with van der Waals surface area (Å²) in [4.78, 5) is 15.9. The lowest BCUT2D eigenvalue weighted by Crippen LogP contribution is -2.20. The molecule has 0 atom stereocenters. The van der Waals surface area contributed by atoms with E-state index in [1.165, 1.54) is 0 Å². The molecule has 1 aromatic heterocycles. The topological polar surface area (TPSA) is 51.2 Å². The minimum Gasteiger partial charge on any atom is -0.484 e. The number of pyridine rings is 1. The third-order valence-corrected chi connectivity index (χ3v) is 3.56. The molecule has 0 aliphatic heterocycles. The number of nitrogens with one attached hydrogen (secondary N) is 1. The zero-order valence-electron chi connectivity index (χ0n) is 10.7. The summed E-state index contributed by atoms with van der Waals surface area (Å²) in [6.07, 6.45) is 1.58. The van der Waals surface area contributed by atoms with Gasteiger partial charge < -0.3 is 10.1 Å². The molecule has 1 amide bonds. The average molecular weight is 356 g/mol. The third-order valence-electron chi connectivity index (χ3n) is 2.48. The van der Waals surface area contributed by atoms with Gasteiger partial charge in [0.2, 0.25) is 0 Å². The Kier molecular flexibility index (Phi) is 4.98. The van der Waals surface area contributed by atoms with E-state index in [0.29, 0.717) is 16.5 Å². The van der Waals surface area contributed by atoms with Crippen molar-refractivity contribution in [1.29, 1.82) is 0 Å². The highest BCUT2D eigenvalue weighted by atomic mass is 79.9. The van der Waals surface area contributed by atoms with Gasteiger partial charge in [-0.05, 0) is 58.7 Å². The quantitative estimate of drug-likeness (QED) is 0.848. The fourth-order valence-electron chi connectivity index (χ4n) is 1.50. The molecule has 0 fully saturated rings. The highest BCUT2D eigenvalue weighted by Crippen LogP contribution is 2.17. The molecule has 0 bridgehead atoms. The summed E-state index contributed by atoms with van der Waals surface area (Å²) in [6.45, 7) is 1.83. The average Bonchev–Trinajstić information content (AvgIpc) is 2.42. The predicted octanol–water partition coefficient (Wildman–Crippen LogP) is 3.82. The van der Waals surface area contributed by atoms with Gasteiger partial charge in [-0.1, -0.05) is 11.6 Å². The Morgan fingerprint density at radius 2 is 2.10 bits per heavy atom. The number of rotatable bonds is 4. The third kappa shape index (κ3) is 4.21. The lowest BCUT2D eigenvalue weighted by Gasteiger charge is -2.08. The number of benzene rings is 1. The van der Waals surface area contributed by atoms with Gasteiger partial charge in [-0.15, -0.1) is 0 Å². The van der Waals surface area contributed by atoms with E-state index < -0.39 is 0 Å². The lowest BCUT2D eigenvalue weighted by molar-refractivity contribution is -0.118. The smallest absolute Gasteiger partial charge is 0.262 e. The van der Waals surface area contributed by atoms with Crippen LogP contribution >= 0.6 is 27.5 Å². The van der Waals surface area contributed by atoms with Gasteiger partial charge >= 0.3 is 0 Å². The maximum atomic E-state index is 11.7. The number of ether oxygens (including phenoxy) is 1. The Labute approximate surface area is 130 Å². The molecule has 0 aliphatic rings. The van der Waals surface area contributed by atoms with Crippen molar-refractivity contribution >= 4 is 39.1 Å². The van der Waals surface area contributed by atoms with E-state index >= 15 is 0 Å². The number of anilines is 1. The number of aryl methyl sites for hydroxylation is 1. The Hall–Kier alpha value is -1.59. The van der Waals surface area contributed by atoms with Crippen molar-refractivity contribution in [2.45, 2.75) is 6.92 Å². The van der Waals surface area contributed by atoms with Gasteiger partial charge in [-0.25, -0.2) is 4.98 Å². The van der Waals surface area contributed by atoms with E-state index in [0.717, 1.165) is 10.2 Å². The molecule has 6 heteroatoms. The lowest BCUT2D eigenvalue weighted by atomic mass is 10.3. The van der Waals surface area contributed by atoms with Crippen LogP contribution in [0.15, 0.2) is 41.1 Å². The second-order valence-corrected chi connectivity index (χ2v) is 5.31. The highest BCUT2D eigenvalue weighted by Gasteiger charge is 2.05. The Balaban J connectivity index is 1.89. The van der Waals surface area contributed by atoms with Gasteiger partial charge in [0.15, 0.2) is 6.61 Å². The van der Waals surface area contributed by atoms with Gasteiger partial charge in [-0.3, -0.25) is 4.79 Å². The molecule has 1 heterocycles. The van der Waals surface area contributed by atoms with E-state index in [1.807, 2.05) is 13.0 Å². The summed E-state index contributed by atoms with van der Waals surface area (Å²) in [5.41, 5.74) is 1.58. The van der Waals surface area contributed by atoms with Gasteiger partial charge in [0, 0.05) is 5.02 Å². The second-order valence-electron chi connectivity index (χ2n) is 4.12. The Morgan fingerprint density at radius 3 is 2.75 bits per heavy atom. The van der Waals surface area contributed by atoms with Crippen LogP contribution in [0.4, 0.5) is 5.69 Å². The van der Waals surface area contributed by atoms with E-state index in [1.54, 1.807) is 30.5 Å². The van der Waals surface area contributed by atoms with Crippen LogP contribution in [0.25, 0.3) is 0 Å². The minimum absolute atomic E-state index is 0.0727. The van der Waals surface area contributed by atoms with Crippen LogP contribution in [0.3, 0.4) is 0 Å². The van der Waals surface area contributed by atoms with Crippen molar-refractivity contribution in [2.75, 3.05) is 11.9 Å². The summed E-state index contributed by atoms with van der Waals surface area (Å²) < 4.78 is 6.11. The van der Waals surface area contributed by atoms with Crippen molar-refractivity contribution in [2.24, 2.45) is 0 Å². The first-order valence-electron chi connectivity index (χ1n) is 5.85. The van der Waals surface area contributed by atoms with Gasteiger partial charge in [0.25, 0.3) is 5.91 Å². The fourth-order valence-corrected chi connectivity index (χ4v) is 1.85. The zero-order chi connectivity index (χ0) is 14.5. The van der Waals surface area contributed by atoms with Crippen LogP contribution in [0, 0.1) is 6.92 Å². The summed E-state index contributed by atoms with van der Waals surface area (Å²) in [7, 11) is 0. The van der Waals surface area contributed by atoms with Crippen molar-refractivity contribution in [3.8, 4) is 5.75 Å². The highest BCUT2D eigenvalue weighted by molar-refractivity contribution is 9.10. The molecule has 0 aliphatic carbocycles. The zero-order valence-corrected chi connectivity index (χ0v) is 13.0. The summed E-state index contributed by atoms with van der Waals surface area (Å²) in [5.74, 6) is 0.345. The van der Waals surface area contributed by atoms with Crippen LogP contribution < -0.4 is 10.1 Å². The minimum atomic E-state index is -0.247. The second kappa shape index (κ2) is 6.72. The first-order valence-corrected chi connectivity index (χ1v) is 7.02. The standard InChI is InChI=1S/C14H12BrClN2O2/c1-9-6-11(7-17-14(9)15)18-13(19)8-20-12-4-2-10(16)3-5-12/h2-7H,8H2,1H3,(H,18,19). The van der Waals surface area contributed by atoms with Crippen LogP contribution in [-0.4, -0.2) is 17.5 Å². The van der Waals surface area contributed by atoms with E-state index in [2.05, 4.69) is 26.2 Å². The molecule has 0 radical (unpaired) electrons. The molecular formula is C14H12BrClN2O2. The monoisotopic (exact) mass is 354 g/mol. The fraction of sp³-hybridized carbons (Fsp3) is 0.143. The molecule has 1 N–H and O–H groups in total. The van der Waals surface area contributed by atoms with Crippen LogP contribution in [-0.2, 0) is 4.79 Å². The van der Waals surface area contributed by atoms with Crippen LogP contribution in [0.1, 0.15) is 5.56 Å². The first kappa shape index (κ1) is 14.8. The van der Waals surface area contributed by atoms with Crippen molar-refractivity contribution in [3.63, 3.8) is 0 Å². The molecule has 4 nitrogen and oxygen atoms in total. The van der Waals surface area contributed by atoms with E-state index in [4.69, 9.17) is 16.3 Å². The van der Waals surface area contributed by atoms with E-state index in [9.17, 15) is 4.79 Å². The van der Waals surface area contributed by atoms with Crippen molar-refractivity contribution in [1.82, 2.24) is 4.98 Å². The molecule has 0 unspecified atom stereocenters. The number of aromatic nitrogens is 1. The summed E-state index contributed by atoms with van der Waals surface area (Å²) in [6, 6.07) is 8.66. The SMILES string of the molecule is Cc1cc(NC(=O)COc2ccc(Cl)cc2)cnc1Br. The van der Waals surface area contributed by atoms with Crippen LogP contribution in [0.2, 0.25) is 5.02 Å². The molecule has 0 saturated carbocycles. The largest absolute Gasteiger partial charge is 0.484 e. The summed E-state index contributed by atoms with van der Waals surface area (Å²) >= 11 is 9.07. The number of halogens is 2. The molecular weight excluding hydrogens is 344 g/mol. The number of nitrogens with zero attached hydrogens (tertiary/aromatic N) is 1. The number of carbonyl (C=O) groups is 1. The van der Waals surface area contributed by atoms with Crippen molar-refractivity contribution in [3.05, 3.63) is 51.7 Å². The van der Waals surface area contributed by atoms with Gasteiger partial charge in [0.1, 0.15) is 10.4 Å². The van der Waals surface area contributed by atoms with Gasteiger partial charge in [-0.2, -0.15) is 0 Å². The predicted molar refractivity (Wildman–Crippen MR) is 82.3 cm³/mol. The van der Waals surface area contributed by atoms with Crippen molar-refractivity contribution < 1.29 is 9.53 Å². The Bertz CT molecular complexity index is 617. The Morgan fingerprint density at radius 1 is 1.40 bits per heavy atom. The number of amides is 1. The van der Waals surface area contributed by atoms with E-state index in [-0.39, 0.29) is 12.5 Å². The molecule has 0 spiro atoms. The molecule has 0 saturated heterocycles. The number of carbonyl (C=O) groups excluding carboxylic acids is 1. The number of hydrogen-bond acceptors (Lipinski definition) is 3.